The van der Waals surface area contributed by atoms with Gasteiger partial charge in [0.15, 0.2) is 11.5 Å². The van der Waals surface area contributed by atoms with Crippen molar-refractivity contribution < 1.29 is 14.6 Å². The van der Waals surface area contributed by atoms with Crippen LogP contribution in [0.25, 0.3) is 0 Å². The molecule has 0 aromatic heterocycles. The molecule has 0 spiro atoms. The number of allylic oxidation sites excluding steroid dienone is 1. The molecule has 0 amide bonds. The Balaban J connectivity index is 2.25. The molecule has 0 bridgehead atoms. The third-order valence-corrected chi connectivity index (χ3v) is 3.87. The lowest BCUT2D eigenvalue weighted by Gasteiger charge is -2.19. The van der Waals surface area contributed by atoms with Gasteiger partial charge in [-0.2, -0.15) is 0 Å². The molecule has 1 heterocycles. The highest BCUT2D eigenvalue weighted by atomic mass is 16.5. The predicted octanol–water partition coefficient (Wildman–Crippen LogP) is 1.33. The summed E-state index contributed by atoms with van der Waals surface area (Å²) in [5.41, 5.74) is 8.06. The van der Waals surface area contributed by atoms with Gasteiger partial charge >= 0.3 is 0 Å². The minimum atomic E-state index is -0.447. The summed E-state index contributed by atoms with van der Waals surface area (Å²) >= 11 is 0. The molecule has 1 aromatic rings. The van der Waals surface area contributed by atoms with Gasteiger partial charge in [-0.15, -0.1) is 6.58 Å². The monoisotopic (exact) mass is 306 g/mol. The predicted molar refractivity (Wildman–Crippen MR) is 87.3 cm³/mol. The number of ether oxygens (including phenoxy) is 2. The van der Waals surface area contributed by atoms with Crippen LogP contribution in [-0.4, -0.2) is 49.0 Å². The summed E-state index contributed by atoms with van der Waals surface area (Å²) in [5, 5.41) is 9.78. The van der Waals surface area contributed by atoms with E-state index in [1.54, 1.807) is 7.11 Å². The van der Waals surface area contributed by atoms with Crippen LogP contribution in [0.1, 0.15) is 18.1 Å². The molecule has 1 aliphatic rings. The third kappa shape index (κ3) is 3.80. The highest BCUT2D eigenvalue weighted by Crippen LogP contribution is 2.34. The summed E-state index contributed by atoms with van der Waals surface area (Å²) in [4.78, 5) is 2.16. The Bertz CT molecular complexity index is 509. The Labute approximate surface area is 132 Å². The van der Waals surface area contributed by atoms with Crippen molar-refractivity contribution in [2.24, 2.45) is 5.73 Å². The molecule has 5 heteroatoms. The zero-order valence-electron chi connectivity index (χ0n) is 13.4. The number of β-amino-alcohol motifs (C(OH)–C–C–N with tert-alkyl or cyclic N) is 1. The van der Waals surface area contributed by atoms with Gasteiger partial charge in [-0.25, -0.2) is 0 Å². The SMILES string of the molecule is C=CCc1cc(CN2CC(N)C(O)C2)cc(OCC)c1OC. The number of methoxy groups -OCH3 is 1. The highest BCUT2D eigenvalue weighted by molar-refractivity contribution is 5.50. The standard InChI is InChI=1S/C17H26N2O3/c1-4-6-13-7-12(8-16(22-5-2)17(13)21-3)9-19-10-14(18)15(20)11-19/h4,7-8,14-15,20H,1,5-6,9-11,18H2,2-3H3. The fraction of sp³-hybridized carbons (Fsp3) is 0.529. The minimum Gasteiger partial charge on any atom is -0.493 e. The number of benzene rings is 1. The fourth-order valence-corrected chi connectivity index (χ4v) is 2.90. The summed E-state index contributed by atoms with van der Waals surface area (Å²) in [7, 11) is 1.65. The molecular formula is C17H26N2O3. The van der Waals surface area contributed by atoms with Crippen molar-refractivity contribution in [3.63, 3.8) is 0 Å². The normalized spacial score (nSPS) is 21.8. The van der Waals surface area contributed by atoms with Gasteiger partial charge in [-0.1, -0.05) is 12.1 Å². The number of aliphatic hydroxyl groups excluding tert-OH is 1. The average molecular weight is 306 g/mol. The maximum Gasteiger partial charge on any atom is 0.164 e. The zero-order chi connectivity index (χ0) is 16.1. The Kier molecular flexibility index (Phi) is 5.83. The lowest BCUT2D eigenvalue weighted by molar-refractivity contribution is 0.164. The number of nitrogens with zero attached hydrogens (tertiary/aromatic N) is 1. The van der Waals surface area contributed by atoms with Gasteiger partial charge in [0.05, 0.1) is 19.8 Å². The Hall–Kier alpha value is -1.56. The van der Waals surface area contributed by atoms with E-state index < -0.39 is 6.10 Å². The maximum atomic E-state index is 9.78. The van der Waals surface area contributed by atoms with Crippen molar-refractivity contribution in [1.29, 1.82) is 0 Å². The molecule has 1 saturated heterocycles. The van der Waals surface area contributed by atoms with E-state index >= 15 is 0 Å². The van der Waals surface area contributed by atoms with E-state index in [-0.39, 0.29) is 6.04 Å². The number of aliphatic hydroxyl groups is 1. The van der Waals surface area contributed by atoms with E-state index in [0.29, 0.717) is 19.7 Å². The van der Waals surface area contributed by atoms with Gasteiger partial charge in [0.25, 0.3) is 0 Å². The molecule has 0 saturated carbocycles. The van der Waals surface area contributed by atoms with Crippen molar-refractivity contribution in [1.82, 2.24) is 4.90 Å². The Morgan fingerprint density at radius 2 is 2.23 bits per heavy atom. The van der Waals surface area contributed by atoms with E-state index in [1.807, 2.05) is 19.1 Å². The van der Waals surface area contributed by atoms with Crippen LogP contribution in [0.2, 0.25) is 0 Å². The number of hydrogen-bond acceptors (Lipinski definition) is 5. The molecule has 1 aromatic carbocycles. The van der Waals surface area contributed by atoms with E-state index in [4.69, 9.17) is 15.2 Å². The number of rotatable bonds is 7. The first-order valence-electron chi connectivity index (χ1n) is 7.68. The lowest BCUT2D eigenvalue weighted by atomic mass is 10.1. The first-order chi connectivity index (χ1) is 10.6. The summed E-state index contributed by atoms with van der Waals surface area (Å²) in [6.07, 6.45) is 2.13. The summed E-state index contributed by atoms with van der Waals surface area (Å²) in [5.74, 6) is 1.52. The molecule has 1 aliphatic heterocycles. The molecule has 0 aliphatic carbocycles. The summed E-state index contributed by atoms with van der Waals surface area (Å²) < 4.78 is 11.2. The largest absolute Gasteiger partial charge is 0.493 e. The fourth-order valence-electron chi connectivity index (χ4n) is 2.90. The summed E-state index contributed by atoms with van der Waals surface area (Å²) in [6.45, 7) is 8.38. The van der Waals surface area contributed by atoms with Crippen molar-refractivity contribution in [3.8, 4) is 11.5 Å². The first kappa shape index (κ1) is 16.8. The van der Waals surface area contributed by atoms with Crippen LogP contribution in [0.4, 0.5) is 0 Å². The van der Waals surface area contributed by atoms with Crippen LogP contribution in [0.5, 0.6) is 11.5 Å². The van der Waals surface area contributed by atoms with Crippen molar-refractivity contribution in [2.75, 3.05) is 26.8 Å². The quantitative estimate of drug-likeness (QED) is 0.744. The second-order valence-electron chi connectivity index (χ2n) is 5.64. The van der Waals surface area contributed by atoms with Gasteiger partial charge in [0.1, 0.15) is 0 Å². The molecule has 2 unspecified atom stereocenters. The second-order valence-corrected chi connectivity index (χ2v) is 5.64. The van der Waals surface area contributed by atoms with Crippen molar-refractivity contribution in [2.45, 2.75) is 32.0 Å². The molecule has 1 fully saturated rings. The minimum absolute atomic E-state index is 0.169. The van der Waals surface area contributed by atoms with Gasteiger partial charge in [-0.05, 0) is 25.0 Å². The molecule has 2 rings (SSSR count). The van der Waals surface area contributed by atoms with Crippen molar-refractivity contribution in [3.05, 3.63) is 35.9 Å². The van der Waals surface area contributed by atoms with Gasteiger partial charge < -0.3 is 20.3 Å². The number of nitrogens with two attached hydrogens (primary N) is 1. The molecule has 22 heavy (non-hydrogen) atoms. The van der Waals surface area contributed by atoms with Crippen LogP contribution in [0.15, 0.2) is 24.8 Å². The lowest BCUT2D eigenvalue weighted by Crippen LogP contribution is -2.32. The maximum absolute atomic E-state index is 9.78. The van der Waals surface area contributed by atoms with Gasteiger partial charge in [0, 0.05) is 31.2 Å². The molecule has 0 radical (unpaired) electrons. The number of likely N-dealkylation sites (tertiary alicyclic amines) is 1. The molecule has 122 valence electrons. The third-order valence-electron chi connectivity index (χ3n) is 3.87. The smallest absolute Gasteiger partial charge is 0.164 e. The van der Waals surface area contributed by atoms with Gasteiger partial charge in [0.2, 0.25) is 0 Å². The van der Waals surface area contributed by atoms with Crippen LogP contribution < -0.4 is 15.2 Å². The first-order valence-corrected chi connectivity index (χ1v) is 7.68. The van der Waals surface area contributed by atoms with Crippen LogP contribution in [0, 0.1) is 0 Å². The van der Waals surface area contributed by atoms with E-state index in [2.05, 4.69) is 17.5 Å². The van der Waals surface area contributed by atoms with E-state index in [9.17, 15) is 5.11 Å². The van der Waals surface area contributed by atoms with Crippen LogP contribution >= 0.6 is 0 Å². The molecular weight excluding hydrogens is 280 g/mol. The van der Waals surface area contributed by atoms with E-state index in [0.717, 1.165) is 35.6 Å². The Morgan fingerprint density at radius 3 is 2.77 bits per heavy atom. The Morgan fingerprint density at radius 1 is 1.45 bits per heavy atom. The van der Waals surface area contributed by atoms with E-state index in [1.165, 1.54) is 0 Å². The average Bonchev–Trinajstić information content (AvgIpc) is 2.78. The zero-order valence-corrected chi connectivity index (χ0v) is 13.4. The highest BCUT2D eigenvalue weighted by Gasteiger charge is 2.28. The summed E-state index contributed by atoms with van der Waals surface area (Å²) in [6, 6.07) is 3.95. The molecule has 2 atom stereocenters. The molecule has 5 nitrogen and oxygen atoms in total. The second kappa shape index (κ2) is 7.63. The molecule has 3 N–H and O–H groups in total. The van der Waals surface area contributed by atoms with Gasteiger partial charge in [-0.3, -0.25) is 4.90 Å². The van der Waals surface area contributed by atoms with Crippen molar-refractivity contribution >= 4 is 0 Å². The van der Waals surface area contributed by atoms with Crippen LogP contribution in [-0.2, 0) is 13.0 Å². The number of hydrogen-bond donors (Lipinski definition) is 2. The topological polar surface area (TPSA) is 68.0 Å². The van der Waals surface area contributed by atoms with Crippen LogP contribution in [0.3, 0.4) is 0 Å².